The van der Waals surface area contributed by atoms with Gasteiger partial charge in [-0.2, -0.15) is 0 Å². The van der Waals surface area contributed by atoms with Gasteiger partial charge in [-0.25, -0.2) is 0 Å². The normalized spacial score (nSPS) is 14.4. The summed E-state index contributed by atoms with van der Waals surface area (Å²) in [5, 5.41) is 7.02. The summed E-state index contributed by atoms with van der Waals surface area (Å²) in [7, 11) is 0. The zero-order valence-corrected chi connectivity index (χ0v) is 21.5. The minimum atomic E-state index is -0.0593. The van der Waals surface area contributed by atoms with Crippen molar-refractivity contribution >= 4 is 22.9 Å². The van der Waals surface area contributed by atoms with E-state index in [1.165, 1.54) is 38.5 Å². The molecule has 0 saturated carbocycles. The van der Waals surface area contributed by atoms with Crippen LogP contribution in [0.25, 0.3) is 0 Å². The van der Waals surface area contributed by atoms with Crippen LogP contribution < -0.4 is 10.6 Å². The summed E-state index contributed by atoms with van der Waals surface area (Å²) in [5.74, 6) is 1.01. The number of fused-ring (bicyclic) bond motifs is 2. The van der Waals surface area contributed by atoms with Gasteiger partial charge in [0.1, 0.15) is 0 Å². The summed E-state index contributed by atoms with van der Waals surface area (Å²) >= 11 is 0. The lowest BCUT2D eigenvalue weighted by Crippen LogP contribution is -2.25. The molecule has 2 unspecified atom stereocenters. The fraction of sp³-hybridized carbons (Fsp3) is 0.533. The number of unbranched alkanes of at least 4 members (excludes halogenated alkanes) is 2. The molecule has 0 heterocycles. The molecule has 184 valence electrons. The van der Waals surface area contributed by atoms with E-state index < -0.39 is 0 Å². The molecular weight excluding hydrogens is 420 g/mol. The van der Waals surface area contributed by atoms with E-state index in [1.54, 1.807) is 12.1 Å². The number of carbonyl (C=O) groups excluding carboxylic acids is 2. The molecule has 1 aliphatic carbocycles. The largest absolute Gasteiger partial charge is 0.384 e. The van der Waals surface area contributed by atoms with Crippen molar-refractivity contribution in [1.29, 1.82) is 0 Å². The maximum atomic E-state index is 13.6. The van der Waals surface area contributed by atoms with Gasteiger partial charge in [-0.15, -0.1) is 0 Å². The highest BCUT2D eigenvalue weighted by Crippen LogP contribution is 2.35. The monoisotopic (exact) mass is 462 g/mol. The van der Waals surface area contributed by atoms with E-state index in [1.807, 2.05) is 24.3 Å². The predicted octanol–water partition coefficient (Wildman–Crippen LogP) is 7.72. The van der Waals surface area contributed by atoms with Crippen LogP contribution in [0.5, 0.6) is 0 Å². The molecule has 0 fully saturated rings. The Morgan fingerprint density at radius 2 is 1.06 bits per heavy atom. The molecule has 0 aliphatic heterocycles. The zero-order valence-electron chi connectivity index (χ0n) is 21.5. The predicted molar refractivity (Wildman–Crippen MR) is 143 cm³/mol. The van der Waals surface area contributed by atoms with Gasteiger partial charge >= 0.3 is 0 Å². The van der Waals surface area contributed by atoms with Crippen molar-refractivity contribution in [3.8, 4) is 0 Å². The van der Waals surface area contributed by atoms with Gasteiger partial charge in [-0.1, -0.05) is 90.5 Å². The van der Waals surface area contributed by atoms with Crippen LogP contribution in [0.3, 0.4) is 0 Å². The Balaban J connectivity index is 1.84. The molecule has 4 heteroatoms. The summed E-state index contributed by atoms with van der Waals surface area (Å²) in [4.78, 5) is 27.3. The average molecular weight is 463 g/mol. The number of rotatable bonds is 14. The number of anilines is 2. The third kappa shape index (κ3) is 5.89. The highest BCUT2D eigenvalue weighted by molar-refractivity contribution is 6.31. The SMILES string of the molecule is CCCCC(CC)CNc1cccc2c1C(=O)c1cccc(NCC(CC)CCCC)c1C2=O. The second-order valence-electron chi connectivity index (χ2n) is 9.71. The Morgan fingerprint density at radius 3 is 1.41 bits per heavy atom. The fourth-order valence-corrected chi connectivity index (χ4v) is 4.93. The Kier molecular flexibility index (Phi) is 9.74. The van der Waals surface area contributed by atoms with Crippen molar-refractivity contribution in [2.45, 2.75) is 79.1 Å². The fourth-order valence-electron chi connectivity index (χ4n) is 4.93. The third-order valence-electron chi connectivity index (χ3n) is 7.32. The van der Waals surface area contributed by atoms with Gasteiger partial charge in [-0.05, 0) is 36.8 Å². The van der Waals surface area contributed by atoms with Crippen LogP contribution in [-0.2, 0) is 0 Å². The summed E-state index contributed by atoms with van der Waals surface area (Å²) in [6, 6.07) is 11.2. The molecule has 2 N–H and O–H groups in total. The molecule has 0 spiro atoms. The van der Waals surface area contributed by atoms with Gasteiger partial charge in [0.05, 0.1) is 11.1 Å². The Morgan fingerprint density at radius 1 is 0.647 bits per heavy atom. The quantitative estimate of drug-likeness (QED) is 0.257. The van der Waals surface area contributed by atoms with Gasteiger partial charge in [0.2, 0.25) is 0 Å². The van der Waals surface area contributed by atoms with E-state index in [4.69, 9.17) is 0 Å². The second kappa shape index (κ2) is 12.7. The number of ketones is 2. The van der Waals surface area contributed by atoms with Crippen molar-refractivity contribution in [3.05, 3.63) is 58.7 Å². The molecule has 0 aromatic heterocycles. The van der Waals surface area contributed by atoms with E-state index in [-0.39, 0.29) is 11.6 Å². The average Bonchev–Trinajstić information content (AvgIpc) is 2.87. The van der Waals surface area contributed by atoms with E-state index >= 15 is 0 Å². The van der Waals surface area contributed by atoms with E-state index in [0.717, 1.165) is 37.3 Å². The van der Waals surface area contributed by atoms with Crippen molar-refractivity contribution < 1.29 is 9.59 Å². The first-order chi connectivity index (χ1) is 16.5. The van der Waals surface area contributed by atoms with Crippen LogP contribution in [0.1, 0.15) is 111 Å². The van der Waals surface area contributed by atoms with Crippen molar-refractivity contribution in [3.63, 3.8) is 0 Å². The maximum absolute atomic E-state index is 13.6. The molecule has 3 rings (SSSR count). The topological polar surface area (TPSA) is 58.2 Å². The van der Waals surface area contributed by atoms with Crippen LogP contribution in [0.2, 0.25) is 0 Å². The van der Waals surface area contributed by atoms with Gasteiger partial charge in [-0.3, -0.25) is 9.59 Å². The first-order valence-electron chi connectivity index (χ1n) is 13.4. The smallest absolute Gasteiger partial charge is 0.196 e. The molecule has 4 nitrogen and oxygen atoms in total. The summed E-state index contributed by atoms with van der Waals surface area (Å²) in [5.41, 5.74) is 3.63. The summed E-state index contributed by atoms with van der Waals surface area (Å²) < 4.78 is 0. The molecule has 0 saturated heterocycles. The number of nitrogens with one attached hydrogen (secondary N) is 2. The first-order valence-corrected chi connectivity index (χ1v) is 13.4. The van der Waals surface area contributed by atoms with Crippen molar-refractivity contribution in [2.75, 3.05) is 23.7 Å². The summed E-state index contributed by atoms with van der Waals surface area (Å²) in [6.45, 7) is 10.5. The molecular formula is C30H42N2O2. The minimum Gasteiger partial charge on any atom is -0.384 e. The lowest BCUT2D eigenvalue weighted by atomic mass is 9.82. The Hall–Kier alpha value is -2.62. The molecule has 0 bridgehead atoms. The number of carbonyl (C=O) groups is 2. The highest BCUT2D eigenvalue weighted by atomic mass is 16.1. The van der Waals surface area contributed by atoms with Crippen LogP contribution in [0.4, 0.5) is 11.4 Å². The first kappa shape index (κ1) is 26.0. The number of benzene rings is 2. The van der Waals surface area contributed by atoms with Gasteiger partial charge in [0.15, 0.2) is 11.6 Å². The van der Waals surface area contributed by atoms with Crippen LogP contribution in [0.15, 0.2) is 36.4 Å². The molecule has 1 aliphatic rings. The van der Waals surface area contributed by atoms with Crippen LogP contribution >= 0.6 is 0 Å². The molecule has 0 amide bonds. The van der Waals surface area contributed by atoms with Crippen LogP contribution in [0, 0.1) is 11.8 Å². The molecule has 0 radical (unpaired) electrons. The number of hydrogen-bond donors (Lipinski definition) is 2. The third-order valence-corrected chi connectivity index (χ3v) is 7.32. The molecule has 2 aromatic carbocycles. The maximum Gasteiger partial charge on any atom is 0.196 e. The van der Waals surface area contributed by atoms with Gasteiger partial charge in [0.25, 0.3) is 0 Å². The van der Waals surface area contributed by atoms with E-state index in [9.17, 15) is 9.59 Å². The van der Waals surface area contributed by atoms with E-state index in [2.05, 4.69) is 38.3 Å². The van der Waals surface area contributed by atoms with Gasteiger partial charge < -0.3 is 10.6 Å². The zero-order chi connectivity index (χ0) is 24.5. The van der Waals surface area contributed by atoms with Gasteiger partial charge in [0, 0.05) is 35.6 Å². The lowest BCUT2D eigenvalue weighted by Gasteiger charge is -2.25. The molecule has 2 atom stereocenters. The minimum absolute atomic E-state index is 0.0593. The van der Waals surface area contributed by atoms with Crippen molar-refractivity contribution in [1.82, 2.24) is 0 Å². The highest BCUT2D eigenvalue weighted by Gasteiger charge is 2.33. The molecule has 34 heavy (non-hydrogen) atoms. The lowest BCUT2D eigenvalue weighted by molar-refractivity contribution is 0.0980. The Bertz CT molecular complexity index is 902. The summed E-state index contributed by atoms with van der Waals surface area (Å²) in [6.07, 6.45) is 9.36. The molecule has 2 aromatic rings. The van der Waals surface area contributed by atoms with E-state index in [0.29, 0.717) is 34.1 Å². The standard InChI is InChI=1S/C30H42N2O2/c1-5-9-13-21(7-3)19-31-25-17-11-15-23-27(25)29(33)24-16-12-18-26(28(24)30(23)34)32-20-22(8-4)14-10-6-2/h11-12,15-18,21-22,31-32H,5-10,13-14,19-20H2,1-4H3. The Labute approximate surface area is 205 Å². The number of hydrogen-bond acceptors (Lipinski definition) is 4. The second-order valence-corrected chi connectivity index (χ2v) is 9.71. The van der Waals surface area contributed by atoms with Crippen LogP contribution in [-0.4, -0.2) is 24.7 Å². The van der Waals surface area contributed by atoms with Crippen molar-refractivity contribution in [2.24, 2.45) is 11.8 Å².